The summed E-state index contributed by atoms with van der Waals surface area (Å²) >= 11 is 0. The van der Waals surface area contributed by atoms with E-state index in [1.807, 2.05) is 6.92 Å². The average Bonchev–Trinajstić information content (AvgIpc) is 2.44. The summed E-state index contributed by atoms with van der Waals surface area (Å²) < 4.78 is 5.53. The van der Waals surface area contributed by atoms with Crippen molar-refractivity contribution in [3.63, 3.8) is 0 Å². The van der Waals surface area contributed by atoms with Crippen LogP contribution in [0.2, 0.25) is 0 Å². The molecule has 1 aliphatic carbocycles. The van der Waals surface area contributed by atoms with Gasteiger partial charge in [-0.15, -0.1) is 0 Å². The van der Waals surface area contributed by atoms with E-state index in [9.17, 15) is 0 Å². The Balaban J connectivity index is 1.87. The van der Waals surface area contributed by atoms with Crippen molar-refractivity contribution in [1.82, 2.24) is 0 Å². The SMILES string of the molecule is CCOCc1ccccc1NCC1CCCC(C)C1. The molecule has 1 aromatic rings. The summed E-state index contributed by atoms with van der Waals surface area (Å²) in [6, 6.07) is 8.51. The third-order valence-electron chi connectivity index (χ3n) is 4.11. The van der Waals surface area contributed by atoms with Gasteiger partial charge in [-0.3, -0.25) is 0 Å². The first-order valence-electron chi connectivity index (χ1n) is 7.69. The first kappa shape index (κ1) is 14.4. The van der Waals surface area contributed by atoms with E-state index in [2.05, 4.69) is 36.5 Å². The fraction of sp³-hybridized carbons (Fsp3) is 0.647. The summed E-state index contributed by atoms with van der Waals surface area (Å²) in [4.78, 5) is 0. The lowest BCUT2D eigenvalue weighted by Crippen LogP contribution is -2.21. The standard InChI is InChI=1S/C17H27NO/c1-3-19-13-16-9-4-5-10-17(16)18-12-15-8-6-7-14(2)11-15/h4-5,9-10,14-15,18H,3,6-8,11-13H2,1-2H3. The lowest BCUT2D eigenvalue weighted by molar-refractivity contribution is 0.134. The molecule has 1 saturated carbocycles. The highest BCUT2D eigenvalue weighted by Crippen LogP contribution is 2.29. The van der Waals surface area contributed by atoms with Crippen molar-refractivity contribution >= 4 is 5.69 Å². The molecule has 2 rings (SSSR count). The van der Waals surface area contributed by atoms with Gasteiger partial charge in [0.1, 0.15) is 0 Å². The molecule has 0 aromatic heterocycles. The van der Waals surface area contributed by atoms with Crippen LogP contribution in [0.1, 0.15) is 45.1 Å². The van der Waals surface area contributed by atoms with Crippen molar-refractivity contribution < 1.29 is 4.74 Å². The molecule has 0 amide bonds. The van der Waals surface area contributed by atoms with Gasteiger partial charge in [0.25, 0.3) is 0 Å². The minimum absolute atomic E-state index is 0.709. The number of hydrogen-bond donors (Lipinski definition) is 1. The van der Waals surface area contributed by atoms with E-state index < -0.39 is 0 Å². The molecule has 19 heavy (non-hydrogen) atoms. The second kappa shape index (κ2) is 7.54. The summed E-state index contributed by atoms with van der Waals surface area (Å²) in [7, 11) is 0. The van der Waals surface area contributed by atoms with Gasteiger partial charge >= 0.3 is 0 Å². The van der Waals surface area contributed by atoms with E-state index in [-0.39, 0.29) is 0 Å². The largest absolute Gasteiger partial charge is 0.384 e. The maximum atomic E-state index is 5.53. The normalized spacial score (nSPS) is 23.3. The van der Waals surface area contributed by atoms with Crippen LogP contribution in [0.4, 0.5) is 5.69 Å². The van der Waals surface area contributed by atoms with Gasteiger partial charge < -0.3 is 10.1 Å². The van der Waals surface area contributed by atoms with Crippen molar-refractivity contribution in [3.05, 3.63) is 29.8 Å². The van der Waals surface area contributed by atoms with E-state index in [4.69, 9.17) is 4.74 Å². The molecular formula is C17H27NO. The van der Waals surface area contributed by atoms with E-state index in [0.717, 1.165) is 25.0 Å². The summed E-state index contributed by atoms with van der Waals surface area (Å²) in [5.74, 6) is 1.74. The number of hydrogen-bond acceptors (Lipinski definition) is 2. The predicted octanol–water partition coefficient (Wildman–Crippen LogP) is 4.46. The molecule has 0 bridgehead atoms. The highest BCUT2D eigenvalue weighted by atomic mass is 16.5. The molecule has 1 N–H and O–H groups in total. The van der Waals surface area contributed by atoms with Crippen LogP contribution >= 0.6 is 0 Å². The Labute approximate surface area is 117 Å². The van der Waals surface area contributed by atoms with E-state index in [1.54, 1.807) is 0 Å². The van der Waals surface area contributed by atoms with E-state index >= 15 is 0 Å². The molecule has 1 fully saturated rings. The van der Waals surface area contributed by atoms with Crippen LogP contribution in [0.15, 0.2) is 24.3 Å². The van der Waals surface area contributed by atoms with Crippen molar-refractivity contribution in [3.8, 4) is 0 Å². The third kappa shape index (κ3) is 4.54. The minimum atomic E-state index is 0.709. The number of rotatable bonds is 6. The zero-order valence-electron chi connectivity index (χ0n) is 12.3. The maximum Gasteiger partial charge on any atom is 0.0736 e. The van der Waals surface area contributed by atoms with Crippen LogP contribution in [0.5, 0.6) is 0 Å². The molecule has 2 atom stereocenters. The average molecular weight is 261 g/mol. The number of para-hydroxylation sites is 1. The molecular weight excluding hydrogens is 234 g/mol. The monoisotopic (exact) mass is 261 g/mol. The van der Waals surface area contributed by atoms with Gasteiger partial charge in [0.15, 0.2) is 0 Å². The Bertz CT molecular complexity index is 377. The molecule has 0 spiro atoms. The minimum Gasteiger partial charge on any atom is -0.384 e. The van der Waals surface area contributed by atoms with Crippen LogP contribution in [0.3, 0.4) is 0 Å². The topological polar surface area (TPSA) is 21.3 Å². The van der Waals surface area contributed by atoms with Gasteiger partial charge in [0, 0.05) is 24.4 Å². The van der Waals surface area contributed by atoms with Crippen molar-refractivity contribution in [2.45, 2.75) is 46.1 Å². The Hall–Kier alpha value is -1.02. The van der Waals surface area contributed by atoms with Gasteiger partial charge in [-0.25, -0.2) is 0 Å². The van der Waals surface area contributed by atoms with Gasteiger partial charge in [-0.05, 0) is 37.7 Å². The molecule has 0 aliphatic heterocycles. The first-order valence-corrected chi connectivity index (χ1v) is 7.69. The molecule has 2 unspecified atom stereocenters. The van der Waals surface area contributed by atoms with Gasteiger partial charge in [0.2, 0.25) is 0 Å². The van der Waals surface area contributed by atoms with Crippen molar-refractivity contribution in [2.75, 3.05) is 18.5 Å². The van der Waals surface area contributed by atoms with Gasteiger partial charge in [-0.1, -0.05) is 38.0 Å². The quantitative estimate of drug-likeness (QED) is 0.816. The highest BCUT2D eigenvalue weighted by Gasteiger charge is 2.18. The lowest BCUT2D eigenvalue weighted by Gasteiger charge is -2.27. The molecule has 1 aliphatic rings. The van der Waals surface area contributed by atoms with Crippen molar-refractivity contribution in [2.24, 2.45) is 11.8 Å². The Morgan fingerprint density at radius 3 is 2.89 bits per heavy atom. The summed E-state index contributed by atoms with van der Waals surface area (Å²) in [5.41, 5.74) is 2.52. The second-order valence-corrected chi connectivity index (χ2v) is 5.81. The number of benzene rings is 1. The summed E-state index contributed by atoms with van der Waals surface area (Å²) in [6.07, 6.45) is 5.57. The second-order valence-electron chi connectivity index (χ2n) is 5.81. The highest BCUT2D eigenvalue weighted by molar-refractivity contribution is 5.50. The maximum absolute atomic E-state index is 5.53. The molecule has 2 nitrogen and oxygen atoms in total. The zero-order chi connectivity index (χ0) is 13.5. The van der Waals surface area contributed by atoms with Crippen LogP contribution in [-0.2, 0) is 11.3 Å². The zero-order valence-corrected chi connectivity index (χ0v) is 12.3. The van der Waals surface area contributed by atoms with Crippen LogP contribution in [0.25, 0.3) is 0 Å². The molecule has 0 saturated heterocycles. The molecule has 106 valence electrons. The summed E-state index contributed by atoms with van der Waals surface area (Å²) in [6.45, 7) is 7.01. The lowest BCUT2D eigenvalue weighted by atomic mass is 9.82. The Morgan fingerprint density at radius 2 is 2.11 bits per heavy atom. The smallest absolute Gasteiger partial charge is 0.0736 e. The molecule has 0 radical (unpaired) electrons. The fourth-order valence-corrected chi connectivity index (χ4v) is 3.03. The Kier molecular flexibility index (Phi) is 5.71. The van der Waals surface area contributed by atoms with Crippen LogP contribution < -0.4 is 5.32 Å². The van der Waals surface area contributed by atoms with Gasteiger partial charge in [-0.2, -0.15) is 0 Å². The fourth-order valence-electron chi connectivity index (χ4n) is 3.03. The number of anilines is 1. The number of nitrogens with one attached hydrogen (secondary N) is 1. The molecule has 1 aromatic carbocycles. The van der Waals surface area contributed by atoms with E-state index in [0.29, 0.717) is 6.61 Å². The Morgan fingerprint density at radius 1 is 1.26 bits per heavy atom. The number of ether oxygens (including phenoxy) is 1. The first-order chi connectivity index (χ1) is 9.29. The molecule has 2 heteroatoms. The van der Waals surface area contributed by atoms with Crippen LogP contribution in [-0.4, -0.2) is 13.2 Å². The summed E-state index contributed by atoms with van der Waals surface area (Å²) in [5, 5.41) is 3.63. The van der Waals surface area contributed by atoms with E-state index in [1.165, 1.54) is 36.9 Å². The van der Waals surface area contributed by atoms with Gasteiger partial charge in [0.05, 0.1) is 6.61 Å². The third-order valence-corrected chi connectivity index (χ3v) is 4.11. The molecule has 0 heterocycles. The van der Waals surface area contributed by atoms with Crippen molar-refractivity contribution in [1.29, 1.82) is 0 Å². The predicted molar refractivity (Wildman–Crippen MR) is 81.4 cm³/mol. The van der Waals surface area contributed by atoms with Crippen LogP contribution in [0, 0.1) is 11.8 Å².